The van der Waals surface area contributed by atoms with Gasteiger partial charge in [-0.3, -0.25) is 9.69 Å². The second-order valence-electron chi connectivity index (χ2n) is 14.9. The number of Topliss-reactive ketones (excluding diaryl/α,β-unsaturated/α-hetero) is 1. The molecule has 6 nitrogen and oxygen atoms in total. The fourth-order valence-electron chi connectivity index (χ4n) is 7.44. The highest BCUT2D eigenvalue weighted by molar-refractivity contribution is 6.74. The Balaban J connectivity index is 1.54. The van der Waals surface area contributed by atoms with Gasteiger partial charge in [-0.15, -0.1) is 0 Å². The first-order valence-electron chi connectivity index (χ1n) is 16.5. The number of nitrogens with zero attached hydrogens (tertiary/aromatic N) is 2. The largest absolute Gasteiger partial charge is 0.497 e. The molecule has 0 radical (unpaired) electrons. The van der Waals surface area contributed by atoms with Crippen molar-refractivity contribution in [1.29, 1.82) is 0 Å². The van der Waals surface area contributed by atoms with Crippen molar-refractivity contribution >= 4 is 25.0 Å². The number of hydrogen-bond donors (Lipinski definition) is 1. The molecule has 3 aromatic rings. The summed E-state index contributed by atoms with van der Waals surface area (Å²) in [6, 6.07) is 13.0. The molecule has 1 aliphatic carbocycles. The van der Waals surface area contributed by atoms with Gasteiger partial charge in [0.25, 0.3) is 0 Å². The van der Waals surface area contributed by atoms with Crippen LogP contribution in [-0.4, -0.2) is 56.9 Å². The Labute approximate surface area is 263 Å². The number of carbonyl (C=O) groups excluding carboxylic acids is 1. The maximum absolute atomic E-state index is 15.2. The monoisotopic (exact) mass is 619 g/mol. The fourth-order valence-corrected chi connectivity index (χ4v) is 8.47. The summed E-state index contributed by atoms with van der Waals surface area (Å²) in [5.74, 6) is 0.949. The van der Waals surface area contributed by atoms with E-state index in [9.17, 15) is 4.79 Å². The molecule has 3 heterocycles. The average molecular weight is 620 g/mol. The molecule has 238 valence electrons. The van der Waals surface area contributed by atoms with Gasteiger partial charge in [-0.05, 0) is 80.7 Å². The number of ketones is 1. The second-order valence-corrected chi connectivity index (χ2v) is 19.7. The zero-order valence-electron chi connectivity index (χ0n) is 27.5. The van der Waals surface area contributed by atoms with Crippen LogP contribution in [0.4, 0.5) is 4.39 Å². The van der Waals surface area contributed by atoms with Gasteiger partial charge in [0.15, 0.2) is 14.1 Å². The Hall–Kier alpha value is -2.52. The van der Waals surface area contributed by atoms with Gasteiger partial charge in [0, 0.05) is 53.7 Å². The van der Waals surface area contributed by atoms with Gasteiger partial charge in [-0.25, -0.2) is 4.39 Å². The van der Waals surface area contributed by atoms with Crippen molar-refractivity contribution in [2.45, 2.75) is 95.6 Å². The Bertz CT molecular complexity index is 1520. The number of benzene rings is 2. The number of aromatic nitrogens is 1. The van der Waals surface area contributed by atoms with Crippen LogP contribution in [-0.2, 0) is 27.7 Å². The summed E-state index contributed by atoms with van der Waals surface area (Å²) >= 11 is 0. The quantitative estimate of drug-likeness (QED) is 0.254. The topological polar surface area (TPSA) is 55.7 Å². The third-order valence-electron chi connectivity index (χ3n) is 11.2. The number of carbonyl (C=O) groups is 1. The van der Waals surface area contributed by atoms with Gasteiger partial charge < -0.3 is 19.0 Å². The highest BCUT2D eigenvalue weighted by Crippen LogP contribution is 2.52. The molecule has 1 spiro atoms. The van der Waals surface area contributed by atoms with Crippen molar-refractivity contribution < 1.29 is 18.3 Å². The first kappa shape index (κ1) is 31.5. The van der Waals surface area contributed by atoms with E-state index in [0.29, 0.717) is 31.0 Å². The number of nitrogens with one attached hydrogen (secondary N) is 1. The number of piperidine rings is 1. The van der Waals surface area contributed by atoms with Gasteiger partial charge in [-0.1, -0.05) is 45.4 Å². The Morgan fingerprint density at radius 3 is 2.48 bits per heavy atom. The highest BCUT2D eigenvalue weighted by atomic mass is 28.4. The number of rotatable bonds is 9. The molecule has 1 saturated heterocycles. The van der Waals surface area contributed by atoms with E-state index in [4.69, 9.17) is 9.16 Å². The van der Waals surface area contributed by atoms with Crippen LogP contribution in [0.25, 0.3) is 10.9 Å². The number of ether oxygens (including phenoxy) is 1. The molecule has 1 saturated carbocycles. The molecule has 44 heavy (non-hydrogen) atoms. The summed E-state index contributed by atoms with van der Waals surface area (Å²) in [4.78, 5) is 16.9. The first-order valence-corrected chi connectivity index (χ1v) is 19.4. The van der Waals surface area contributed by atoms with Crippen LogP contribution in [0.3, 0.4) is 0 Å². The van der Waals surface area contributed by atoms with Crippen LogP contribution in [0.15, 0.2) is 42.5 Å². The molecule has 2 fully saturated rings. The standard InChI is InChI=1S/C36H50FN3O3Si/c1-35(2,3)44(5,6)43-21-20-40-30-22-27(42-4)14-15-28(30)31-32(40)33(34(41)25-11-9-12-25)39(23-26-10-7-8-13-29(26)37)24-36(31)16-18-38-19-17-36/h7-8,10,13-15,22,25,33,38H,9,11-12,16-21,23-24H2,1-6H3. The van der Waals surface area contributed by atoms with Gasteiger partial charge in [0.1, 0.15) is 17.6 Å². The van der Waals surface area contributed by atoms with Crippen LogP contribution < -0.4 is 10.1 Å². The predicted octanol–water partition coefficient (Wildman–Crippen LogP) is 7.36. The van der Waals surface area contributed by atoms with Crippen molar-refractivity contribution in [1.82, 2.24) is 14.8 Å². The van der Waals surface area contributed by atoms with Crippen LogP contribution in [0.1, 0.15) is 75.7 Å². The number of hydrogen-bond acceptors (Lipinski definition) is 5. The molecule has 1 aromatic heterocycles. The minimum Gasteiger partial charge on any atom is -0.497 e. The smallest absolute Gasteiger partial charge is 0.192 e. The SMILES string of the molecule is COc1ccc2c3c(n(CCO[Si](C)(C)C(C)(C)C)c2c1)C(C(=O)C1CCC1)N(Cc1ccccc1F)CC31CCNCC1. The molecule has 6 rings (SSSR count). The average Bonchev–Trinajstić information content (AvgIpc) is 3.27. The molecule has 0 amide bonds. The van der Waals surface area contributed by atoms with Crippen molar-refractivity contribution in [2.75, 3.05) is 33.4 Å². The number of fused-ring (bicyclic) bond motifs is 4. The Kier molecular flexibility index (Phi) is 8.59. The van der Waals surface area contributed by atoms with Crippen LogP contribution >= 0.6 is 0 Å². The van der Waals surface area contributed by atoms with Crippen LogP contribution in [0.2, 0.25) is 18.1 Å². The molecule has 1 unspecified atom stereocenters. The molecule has 1 atom stereocenters. The van der Waals surface area contributed by atoms with E-state index in [1.807, 2.05) is 12.1 Å². The van der Waals surface area contributed by atoms with E-state index in [2.05, 4.69) is 66.8 Å². The maximum Gasteiger partial charge on any atom is 0.192 e. The molecule has 8 heteroatoms. The van der Waals surface area contributed by atoms with E-state index >= 15 is 4.39 Å². The third kappa shape index (κ3) is 5.57. The van der Waals surface area contributed by atoms with Crippen molar-refractivity contribution in [3.63, 3.8) is 0 Å². The van der Waals surface area contributed by atoms with Gasteiger partial charge in [-0.2, -0.15) is 0 Å². The lowest BCUT2D eigenvalue weighted by molar-refractivity contribution is -0.132. The lowest BCUT2D eigenvalue weighted by atomic mass is 9.66. The lowest BCUT2D eigenvalue weighted by Gasteiger charge is -2.50. The highest BCUT2D eigenvalue weighted by Gasteiger charge is 2.51. The van der Waals surface area contributed by atoms with Crippen molar-refractivity contribution in [2.24, 2.45) is 5.92 Å². The minimum atomic E-state index is -1.99. The fraction of sp³-hybridized carbons (Fsp3) is 0.583. The Morgan fingerprint density at radius 1 is 1.11 bits per heavy atom. The summed E-state index contributed by atoms with van der Waals surface area (Å²) in [6.45, 7) is 15.6. The van der Waals surface area contributed by atoms with E-state index in [-0.39, 0.29) is 22.2 Å². The van der Waals surface area contributed by atoms with E-state index < -0.39 is 14.4 Å². The summed E-state index contributed by atoms with van der Waals surface area (Å²) in [6.07, 6.45) is 4.93. The maximum atomic E-state index is 15.2. The minimum absolute atomic E-state index is 0.0579. The van der Waals surface area contributed by atoms with Gasteiger partial charge in [0.2, 0.25) is 0 Å². The summed E-state index contributed by atoms with van der Waals surface area (Å²) in [5.41, 5.74) is 4.04. The molecule has 2 aromatic carbocycles. The predicted molar refractivity (Wildman–Crippen MR) is 177 cm³/mol. The molecule has 1 N–H and O–H groups in total. The summed E-state index contributed by atoms with van der Waals surface area (Å²) < 4.78 is 30.1. The van der Waals surface area contributed by atoms with E-state index in [1.165, 1.54) is 17.0 Å². The van der Waals surface area contributed by atoms with Crippen LogP contribution in [0.5, 0.6) is 5.75 Å². The zero-order chi connectivity index (χ0) is 31.3. The molecule has 2 aliphatic heterocycles. The molecule has 0 bridgehead atoms. The summed E-state index contributed by atoms with van der Waals surface area (Å²) in [5, 5.41) is 4.90. The van der Waals surface area contributed by atoms with E-state index in [0.717, 1.165) is 68.7 Å². The second kappa shape index (κ2) is 12.0. The first-order chi connectivity index (χ1) is 21.0. The zero-order valence-corrected chi connectivity index (χ0v) is 28.5. The van der Waals surface area contributed by atoms with Gasteiger partial charge in [0.05, 0.1) is 19.2 Å². The Morgan fingerprint density at radius 2 is 1.84 bits per heavy atom. The van der Waals surface area contributed by atoms with Crippen molar-refractivity contribution in [3.05, 3.63) is 65.1 Å². The molecule has 3 aliphatic rings. The molecular formula is C36H50FN3O3Si. The van der Waals surface area contributed by atoms with Crippen molar-refractivity contribution in [3.8, 4) is 5.75 Å². The van der Waals surface area contributed by atoms with Gasteiger partial charge >= 0.3 is 0 Å². The number of methoxy groups -OCH3 is 1. The van der Waals surface area contributed by atoms with E-state index in [1.54, 1.807) is 13.2 Å². The third-order valence-corrected chi connectivity index (χ3v) is 15.8. The van der Waals surface area contributed by atoms with Crippen LogP contribution in [0, 0.1) is 11.7 Å². The lowest BCUT2D eigenvalue weighted by Crippen LogP contribution is -2.55. The molecular weight excluding hydrogens is 569 g/mol. The number of halogens is 1. The summed E-state index contributed by atoms with van der Waals surface area (Å²) in [7, 11) is -0.277. The normalized spacial score (nSPS) is 20.9.